The highest BCUT2D eigenvalue weighted by molar-refractivity contribution is 7.92. The molecule has 6 nitrogen and oxygen atoms in total. The van der Waals surface area contributed by atoms with E-state index in [4.69, 9.17) is 4.74 Å². The zero-order chi connectivity index (χ0) is 21.6. The molecule has 30 heavy (non-hydrogen) atoms. The minimum absolute atomic E-state index is 0.165. The van der Waals surface area contributed by atoms with E-state index in [2.05, 4.69) is 10.0 Å². The summed E-state index contributed by atoms with van der Waals surface area (Å²) >= 11 is 0. The number of nitrogens with one attached hydrogen (secondary N) is 2. The SMILES string of the molecule is COc1ccccc1/C=C/C(=O)Nc1ccc(C)c(NS(=O)(=O)c2ccccc2)c1. The number of anilines is 2. The minimum atomic E-state index is -3.73. The zero-order valence-electron chi connectivity index (χ0n) is 16.6. The summed E-state index contributed by atoms with van der Waals surface area (Å²) < 4.78 is 33.0. The molecule has 3 aromatic rings. The van der Waals surface area contributed by atoms with E-state index in [-0.39, 0.29) is 10.8 Å². The third-order valence-electron chi connectivity index (χ3n) is 4.36. The number of ether oxygens (including phenoxy) is 1. The number of benzene rings is 3. The van der Waals surface area contributed by atoms with Crippen molar-refractivity contribution in [1.82, 2.24) is 0 Å². The van der Waals surface area contributed by atoms with Gasteiger partial charge in [-0.3, -0.25) is 9.52 Å². The molecular weight excluding hydrogens is 400 g/mol. The molecule has 0 aliphatic heterocycles. The summed E-state index contributed by atoms with van der Waals surface area (Å²) in [5.74, 6) is 0.316. The second-order valence-electron chi connectivity index (χ2n) is 6.51. The molecule has 0 saturated carbocycles. The Balaban J connectivity index is 1.75. The number of amides is 1. The van der Waals surface area contributed by atoms with Crippen molar-refractivity contribution in [3.63, 3.8) is 0 Å². The number of hydrogen-bond donors (Lipinski definition) is 2. The van der Waals surface area contributed by atoms with Crippen LogP contribution in [0.1, 0.15) is 11.1 Å². The molecule has 1 amide bonds. The zero-order valence-corrected chi connectivity index (χ0v) is 17.4. The fourth-order valence-electron chi connectivity index (χ4n) is 2.77. The Morgan fingerprint density at radius 2 is 1.67 bits per heavy atom. The first-order valence-electron chi connectivity index (χ1n) is 9.19. The number of rotatable bonds is 7. The third-order valence-corrected chi connectivity index (χ3v) is 5.74. The first-order chi connectivity index (χ1) is 14.4. The van der Waals surface area contributed by atoms with Gasteiger partial charge in [-0.05, 0) is 48.9 Å². The summed E-state index contributed by atoms with van der Waals surface area (Å²) in [5.41, 5.74) is 2.37. The highest BCUT2D eigenvalue weighted by Gasteiger charge is 2.15. The van der Waals surface area contributed by atoms with Gasteiger partial charge >= 0.3 is 0 Å². The topological polar surface area (TPSA) is 84.5 Å². The fourth-order valence-corrected chi connectivity index (χ4v) is 3.91. The van der Waals surface area contributed by atoms with Gasteiger partial charge in [0, 0.05) is 17.3 Å². The molecular formula is C23H22N2O4S. The highest BCUT2D eigenvalue weighted by atomic mass is 32.2. The van der Waals surface area contributed by atoms with Crippen LogP contribution in [0.3, 0.4) is 0 Å². The first-order valence-corrected chi connectivity index (χ1v) is 10.7. The Morgan fingerprint density at radius 3 is 2.40 bits per heavy atom. The van der Waals surface area contributed by atoms with E-state index in [9.17, 15) is 13.2 Å². The van der Waals surface area contributed by atoms with Gasteiger partial charge in [-0.15, -0.1) is 0 Å². The van der Waals surface area contributed by atoms with Gasteiger partial charge in [-0.25, -0.2) is 8.42 Å². The van der Waals surface area contributed by atoms with Gasteiger partial charge in [0.15, 0.2) is 0 Å². The van der Waals surface area contributed by atoms with Gasteiger partial charge in [0.1, 0.15) is 5.75 Å². The van der Waals surface area contributed by atoms with Crippen LogP contribution in [0.15, 0.2) is 83.8 Å². The van der Waals surface area contributed by atoms with E-state index in [1.165, 1.54) is 18.2 Å². The van der Waals surface area contributed by atoms with Crippen molar-refractivity contribution < 1.29 is 17.9 Å². The highest BCUT2D eigenvalue weighted by Crippen LogP contribution is 2.24. The van der Waals surface area contributed by atoms with E-state index in [0.29, 0.717) is 17.1 Å². The first kappa shape index (κ1) is 21.1. The molecule has 3 rings (SSSR count). The number of aryl methyl sites for hydroxylation is 1. The molecule has 0 bridgehead atoms. The van der Waals surface area contributed by atoms with Crippen LogP contribution >= 0.6 is 0 Å². The lowest BCUT2D eigenvalue weighted by Crippen LogP contribution is -2.14. The maximum Gasteiger partial charge on any atom is 0.261 e. The van der Waals surface area contributed by atoms with Crippen molar-refractivity contribution >= 4 is 33.4 Å². The van der Waals surface area contributed by atoms with Crippen molar-refractivity contribution in [1.29, 1.82) is 0 Å². The van der Waals surface area contributed by atoms with Crippen molar-refractivity contribution in [2.75, 3.05) is 17.1 Å². The molecule has 0 aliphatic carbocycles. The maximum absolute atomic E-state index is 12.6. The number of methoxy groups -OCH3 is 1. The summed E-state index contributed by atoms with van der Waals surface area (Å²) in [7, 11) is -2.16. The van der Waals surface area contributed by atoms with Gasteiger partial charge in [-0.1, -0.05) is 42.5 Å². The lowest BCUT2D eigenvalue weighted by molar-refractivity contribution is -0.111. The van der Waals surface area contributed by atoms with Crippen molar-refractivity contribution in [3.8, 4) is 5.75 Å². The number of para-hydroxylation sites is 1. The molecule has 0 aromatic heterocycles. The molecule has 0 unspecified atom stereocenters. The van der Waals surface area contributed by atoms with Gasteiger partial charge in [0.25, 0.3) is 10.0 Å². The normalized spacial score (nSPS) is 11.3. The van der Waals surface area contributed by atoms with Crippen molar-refractivity contribution in [3.05, 3.63) is 90.0 Å². The Morgan fingerprint density at radius 1 is 0.967 bits per heavy atom. The number of sulfonamides is 1. The molecule has 3 aromatic carbocycles. The van der Waals surface area contributed by atoms with E-state index < -0.39 is 10.0 Å². The Hall–Kier alpha value is -3.58. The summed E-state index contributed by atoms with van der Waals surface area (Å²) in [6.07, 6.45) is 3.05. The van der Waals surface area contributed by atoms with Crippen LogP contribution in [-0.2, 0) is 14.8 Å². The molecule has 0 saturated heterocycles. The molecule has 0 aliphatic rings. The van der Waals surface area contributed by atoms with Crippen molar-refractivity contribution in [2.45, 2.75) is 11.8 Å². The number of carbonyl (C=O) groups is 1. The summed E-state index contributed by atoms with van der Waals surface area (Å²) in [6, 6.07) is 20.5. The van der Waals surface area contributed by atoms with Crippen LogP contribution in [0.2, 0.25) is 0 Å². The number of carbonyl (C=O) groups excluding carboxylic acids is 1. The van der Waals surface area contributed by atoms with E-state index in [0.717, 1.165) is 11.1 Å². The Bertz CT molecular complexity index is 1170. The monoisotopic (exact) mass is 422 g/mol. The van der Waals surface area contributed by atoms with Gasteiger partial charge in [0.05, 0.1) is 17.7 Å². The number of hydrogen-bond acceptors (Lipinski definition) is 4. The standard InChI is InChI=1S/C23H22N2O4S/c1-17-12-14-19(16-21(17)25-30(27,28)20-9-4-3-5-10-20)24-23(26)15-13-18-8-6-7-11-22(18)29-2/h3-16,25H,1-2H3,(H,24,26)/b15-13+. The quantitative estimate of drug-likeness (QED) is 0.551. The Labute approximate surface area is 176 Å². The van der Waals surface area contributed by atoms with Crippen LogP contribution in [0.4, 0.5) is 11.4 Å². The lowest BCUT2D eigenvalue weighted by atomic mass is 10.1. The van der Waals surface area contributed by atoms with E-state index in [1.807, 2.05) is 24.3 Å². The Kier molecular flexibility index (Phi) is 6.54. The van der Waals surface area contributed by atoms with Gasteiger partial charge < -0.3 is 10.1 Å². The second kappa shape index (κ2) is 9.28. The van der Waals surface area contributed by atoms with Crippen LogP contribution in [0, 0.1) is 6.92 Å². The summed E-state index contributed by atoms with van der Waals surface area (Å²) in [6.45, 7) is 1.79. The molecule has 0 fully saturated rings. The lowest BCUT2D eigenvalue weighted by Gasteiger charge is -2.12. The summed E-state index contributed by atoms with van der Waals surface area (Å²) in [4.78, 5) is 12.5. The van der Waals surface area contributed by atoms with Crippen molar-refractivity contribution in [2.24, 2.45) is 0 Å². The average Bonchev–Trinajstić information content (AvgIpc) is 2.75. The smallest absolute Gasteiger partial charge is 0.261 e. The molecule has 0 spiro atoms. The van der Waals surface area contributed by atoms with Crippen LogP contribution in [0.5, 0.6) is 5.75 Å². The fraction of sp³-hybridized carbons (Fsp3) is 0.0870. The average molecular weight is 423 g/mol. The predicted molar refractivity (Wildman–Crippen MR) is 119 cm³/mol. The minimum Gasteiger partial charge on any atom is -0.496 e. The molecule has 0 heterocycles. The second-order valence-corrected chi connectivity index (χ2v) is 8.20. The molecule has 2 N–H and O–H groups in total. The van der Waals surface area contributed by atoms with Gasteiger partial charge in [-0.2, -0.15) is 0 Å². The molecule has 0 radical (unpaired) electrons. The predicted octanol–water partition coefficient (Wildman–Crippen LogP) is 4.46. The maximum atomic E-state index is 12.6. The van der Waals surface area contributed by atoms with Gasteiger partial charge in [0.2, 0.25) is 5.91 Å². The molecule has 7 heteroatoms. The van der Waals surface area contributed by atoms with E-state index in [1.54, 1.807) is 56.5 Å². The van der Waals surface area contributed by atoms with E-state index >= 15 is 0 Å². The molecule has 154 valence electrons. The van der Waals surface area contributed by atoms with Crippen LogP contribution in [0.25, 0.3) is 6.08 Å². The van der Waals surface area contributed by atoms with Crippen LogP contribution < -0.4 is 14.8 Å². The summed E-state index contributed by atoms with van der Waals surface area (Å²) in [5, 5.41) is 2.74. The third kappa shape index (κ3) is 5.27. The van der Waals surface area contributed by atoms with Crippen LogP contribution in [-0.4, -0.2) is 21.4 Å². The largest absolute Gasteiger partial charge is 0.496 e. The molecule has 0 atom stereocenters.